The van der Waals surface area contributed by atoms with Gasteiger partial charge >= 0.3 is 5.97 Å². The third kappa shape index (κ3) is 14.3. The van der Waals surface area contributed by atoms with Gasteiger partial charge in [0.2, 0.25) is 29.9 Å². The molecule has 0 spiro atoms. The van der Waals surface area contributed by atoms with Crippen molar-refractivity contribution >= 4 is 41.8 Å². The first-order chi connectivity index (χ1) is 23.0. The molecule has 17 heteroatoms. The quantitative estimate of drug-likeness (QED) is 0.0591. The molecule has 1 aromatic rings. The predicted octanol–water partition coefficient (Wildman–Crippen LogP) is -0.0493. The number of amides is 4. The highest BCUT2D eigenvalue weighted by Gasteiger charge is 2.36. The largest absolute Gasteiger partial charge is 0.483 e. The lowest BCUT2D eigenvalue weighted by Gasteiger charge is -2.31. The molecule has 0 radical (unpaired) electrons. The molecule has 0 saturated carbocycles. The van der Waals surface area contributed by atoms with Crippen molar-refractivity contribution < 1.29 is 67.8 Å². The van der Waals surface area contributed by atoms with Crippen molar-refractivity contribution in [3.05, 3.63) is 23.8 Å². The molecule has 268 valence electrons. The van der Waals surface area contributed by atoms with E-state index in [4.69, 9.17) is 33.6 Å². The topological polar surface area (TPSA) is 237 Å². The predicted molar refractivity (Wildman–Crippen MR) is 165 cm³/mol. The van der Waals surface area contributed by atoms with Gasteiger partial charge < -0.3 is 49.6 Å². The van der Waals surface area contributed by atoms with E-state index in [1.807, 2.05) is 6.92 Å². The molecule has 4 unspecified atom stereocenters. The van der Waals surface area contributed by atoms with E-state index in [0.29, 0.717) is 12.0 Å². The van der Waals surface area contributed by atoms with Gasteiger partial charge in [-0.05, 0) is 24.1 Å². The van der Waals surface area contributed by atoms with Gasteiger partial charge in [0.05, 0.1) is 51.4 Å². The van der Waals surface area contributed by atoms with E-state index in [0.717, 1.165) is 0 Å². The second-order valence-electron chi connectivity index (χ2n) is 10.8. The number of carbonyl (C=O) groups excluding carboxylic acids is 5. The fourth-order valence-corrected chi connectivity index (χ4v) is 4.63. The fourth-order valence-electron chi connectivity index (χ4n) is 4.63. The van der Waals surface area contributed by atoms with Crippen LogP contribution in [0.1, 0.15) is 51.5 Å². The van der Waals surface area contributed by atoms with Crippen molar-refractivity contribution in [3.8, 4) is 5.75 Å². The third-order valence-electron chi connectivity index (χ3n) is 7.09. The summed E-state index contributed by atoms with van der Waals surface area (Å²) in [6.07, 6.45) is -1.97. The van der Waals surface area contributed by atoms with E-state index in [2.05, 4.69) is 10.6 Å². The van der Waals surface area contributed by atoms with Crippen molar-refractivity contribution in [1.29, 1.82) is 0 Å². The smallest absolute Gasteiger partial charge is 0.302 e. The number of nitrogens with zero attached hydrogens (tertiary/aromatic N) is 1. The summed E-state index contributed by atoms with van der Waals surface area (Å²) in [5.74, 6) is -1.57. The molecule has 2 fully saturated rings. The molecule has 4 amide bonds. The number of likely N-dealkylation sites (tertiary alicyclic amines) is 1. The van der Waals surface area contributed by atoms with Crippen LogP contribution in [-0.4, -0.2) is 121 Å². The van der Waals surface area contributed by atoms with Gasteiger partial charge in [-0.1, -0.05) is 13.0 Å². The summed E-state index contributed by atoms with van der Waals surface area (Å²) in [6.45, 7) is 3.97. The lowest BCUT2D eigenvalue weighted by Crippen LogP contribution is -2.44. The number of ether oxygens (including phenoxy) is 5. The van der Waals surface area contributed by atoms with Gasteiger partial charge in [0.15, 0.2) is 0 Å². The molecule has 2 aliphatic heterocycles. The first kappa shape index (κ1) is 40.0. The average Bonchev–Trinajstić information content (AvgIpc) is 3.31. The van der Waals surface area contributed by atoms with E-state index in [1.165, 1.54) is 11.8 Å². The van der Waals surface area contributed by atoms with Gasteiger partial charge in [0, 0.05) is 45.1 Å². The Morgan fingerprint density at radius 2 is 1.77 bits per heavy atom. The summed E-state index contributed by atoms with van der Waals surface area (Å²) in [6, 6.07) is 4.74. The van der Waals surface area contributed by atoms with Crippen LogP contribution in [0.4, 0.5) is 5.69 Å². The number of anilines is 1. The molecule has 0 aliphatic carbocycles. The molecule has 48 heavy (non-hydrogen) atoms. The van der Waals surface area contributed by atoms with Crippen LogP contribution < -0.4 is 15.4 Å². The number of imide groups is 1. The van der Waals surface area contributed by atoms with Gasteiger partial charge in [-0.3, -0.25) is 33.7 Å². The highest BCUT2D eigenvalue weighted by atomic mass is 16.7. The van der Waals surface area contributed by atoms with Crippen molar-refractivity contribution in [3.63, 3.8) is 0 Å². The minimum absolute atomic E-state index is 0.0167. The number of esters is 1. The molecule has 3 rings (SSSR count). The highest BCUT2D eigenvalue weighted by Crippen LogP contribution is 2.30. The number of benzene rings is 1. The van der Waals surface area contributed by atoms with Gasteiger partial charge in [-0.25, -0.2) is 0 Å². The summed E-state index contributed by atoms with van der Waals surface area (Å²) in [5, 5.41) is 32.1. The molecule has 2 saturated heterocycles. The number of rotatable bonds is 18. The monoisotopic (exact) mass is 683 g/mol. The highest BCUT2D eigenvalue weighted by molar-refractivity contribution is 6.03. The standard InChI is InChI=1S/C30H43N3O12.CH2O2/c1-3-21-15-28(39)33(29(21)40)9-11-42-13-12-41-10-7-26(37)31-8-6-27(38)32-23-14-20(17-43-19(2)34)4-5-25(23)45-30-24(36)16-22(35)18-44-30;2-1-3/h4-5,14,21-22,24,30,35-36H,3,6-13,15-18H2,1-2H3,(H,31,37)(H,32,38);1H,(H,2,3). The van der Waals surface area contributed by atoms with E-state index in [1.54, 1.807) is 18.2 Å². The summed E-state index contributed by atoms with van der Waals surface area (Å²) in [5.41, 5.74) is 0.825. The number of hydrogen-bond donors (Lipinski definition) is 5. The number of aliphatic hydroxyl groups excluding tert-OH is 2. The molecule has 4 atom stereocenters. The van der Waals surface area contributed by atoms with E-state index in [-0.39, 0.29) is 120 Å². The first-order valence-corrected chi connectivity index (χ1v) is 15.5. The second-order valence-corrected chi connectivity index (χ2v) is 10.8. The normalized spacial score (nSPS) is 20.4. The molecule has 2 heterocycles. The maximum atomic E-state index is 12.7. The molecule has 2 aliphatic rings. The number of aliphatic hydroxyl groups is 2. The maximum Gasteiger partial charge on any atom is 0.302 e. The van der Waals surface area contributed by atoms with E-state index in [9.17, 15) is 34.2 Å². The molecule has 1 aromatic carbocycles. The second kappa shape index (κ2) is 21.7. The van der Waals surface area contributed by atoms with Crippen LogP contribution in [0.2, 0.25) is 0 Å². The molecule has 5 N–H and O–H groups in total. The molecule has 0 aromatic heterocycles. The van der Waals surface area contributed by atoms with Crippen molar-refractivity contribution in [1.82, 2.24) is 10.2 Å². The SMILES string of the molecule is CCC1CC(=O)N(CCOCCOCCC(=O)NCCC(=O)Nc2cc(COC(C)=O)ccc2OC2OCC(O)CC2O)C1=O.O=CO. The van der Waals surface area contributed by atoms with E-state index < -0.39 is 30.4 Å². The minimum atomic E-state index is -1.09. The number of nitrogens with one attached hydrogen (secondary N) is 2. The molecular weight excluding hydrogens is 638 g/mol. The van der Waals surface area contributed by atoms with Gasteiger partial charge in [0.1, 0.15) is 18.5 Å². The van der Waals surface area contributed by atoms with Gasteiger partial charge in [-0.2, -0.15) is 0 Å². The Kier molecular flexibility index (Phi) is 18.1. The van der Waals surface area contributed by atoms with Gasteiger partial charge in [0.25, 0.3) is 6.47 Å². The molecular formula is C31H45N3O14. The Balaban J connectivity index is 0.00000257. The van der Waals surface area contributed by atoms with Crippen molar-refractivity contribution in [2.75, 3.05) is 51.4 Å². The summed E-state index contributed by atoms with van der Waals surface area (Å²) in [4.78, 5) is 69.6. The zero-order valence-electron chi connectivity index (χ0n) is 27.1. The Bertz CT molecular complexity index is 1230. The molecule has 0 bridgehead atoms. The summed E-state index contributed by atoms with van der Waals surface area (Å²) >= 11 is 0. The molecule has 17 nitrogen and oxygen atoms in total. The van der Waals surface area contributed by atoms with Crippen LogP contribution in [0.15, 0.2) is 18.2 Å². The number of hydrogen-bond acceptors (Lipinski definition) is 13. The third-order valence-corrected chi connectivity index (χ3v) is 7.09. The Labute approximate surface area is 277 Å². The van der Waals surface area contributed by atoms with Crippen molar-refractivity contribution in [2.24, 2.45) is 5.92 Å². The van der Waals surface area contributed by atoms with Crippen LogP contribution >= 0.6 is 0 Å². The zero-order valence-corrected chi connectivity index (χ0v) is 27.1. The maximum absolute atomic E-state index is 12.7. The lowest BCUT2D eigenvalue weighted by atomic mass is 10.1. The van der Waals surface area contributed by atoms with E-state index >= 15 is 0 Å². The number of carboxylic acid groups (broad SMARTS) is 1. The first-order valence-electron chi connectivity index (χ1n) is 15.5. The fraction of sp³-hybridized carbons (Fsp3) is 0.613. The minimum Gasteiger partial charge on any atom is -0.483 e. The van der Waals surface area contributed by atoms with Crippen LogP contribution in [-0.2, 0) is 54.3 Å². The summed E-state index contributed by atoms with van der Waals surface area (Å²) < 4.78 is 27.0. The van der Waals surface area contributed by atoms with Crippen LogP contribution in [0.5, 0.6) is 5.75 Å². The Morgan fingerprint density at radius 3 is 2.42 bits per heavy atom. The van der Waals surface area contributed by atoms with Crippen LogP contribution in [0, 0.1) is 5.92 Å². The number of carbonyl (C=O) groups is 6. The van der Waals surface area contributed by atoms with Crippen LogP contribution in [0.3, 0.4) is 0 Å². The van der Waals surface area contributed by atoms with Crippen LogP contribution in [0.25, 0.3) is 0 Å². The Hall–Kier alpha value is -4.16. The average molecular weight is 684 g/mol. The Morgan fingerprint density at radius 1 is 1.06 bits per heavy atom. The van der Waals surface area contributed by atoms with Crippen molar-refractivity contribution in [2.45, 2.75) is 71.1 Å². The summed E-state index contributed by atoms with van der Waals surface area (Å²) in [7, 11) is 0. The van der Waals surface area contributed by atoms with Gasteiger partial charge in [-0.15, -0.1) is 0 Å². The zero-order chi connectivity index (χ0) is 35.5. The lowest BCUT2D eigenvalue weighted by molar-refractivity contribution is -0.198.